The molecular weight excluding hydrogens is 308 g/mol. The molecule has 0 radical (unpaired) electrons. The second-order valence-electron chi connectivity index (χ2n) is 4.97. The number of furan rings is 1. The van der Waals surface area contributed by atoms with Crippen LogP contribution in [-0.4, -0.2) is 25.0 Å². The van der Waals surface area contributed by atoms with E-state index in [4.69, 9.17) is 14.4 Å². The molecule has 1 atom stereocenters. The fourth-order valence-corrected chi connectivity index (χ4v) is 1.98. The number of carbonyl (C=O) groups is 2. The summed E-state index contributed by atoms with van der Waals surface area (Å²) < 4.78 is 10.1. The predicted molar refractivity (Wildman–Crippen MR) is 87.7 cm³/mol. The van der Waals surface area contributed by atoms with Crippen LogP contribution in [0, 0.1) is 11.3 Å². The highest BCUT2D eigenvalue weighted by Gasteiger charge is 2.24. The lowest BCUT2D eigenvalue weighted by Crippen LogP contribution is -2.37. The van der Waals surface area contributed by atoms with Gasteiger partial charge in [-0.1, -0.05) is 18.2 Å². The van der Waals surface area contributed by atoms with E-state index in [2.05, 4.69) is 0 Å². The van der Waals surface area contributed by atoms with Gasteiger partial charge in [-0.15, -0.1) is 0 Å². The van der Waals surface area contributed by atoms with Gasteiger partial charge < -0.3 is 14.1 Å². The van der Waals surface area contributed by atoms with Crippen LogP contribution in [0.3, 0.4) is 0 Å². The Morgan fingerprint density at radius 2 is 1.96 bits per heavy atom. The zero-order valence-electron chi connectivity index (χ0n) is 13.3. The Balaban J connectivity index is 2.05. The van der Waals surface area contributed by atoms with E-state index in [9.17, 15) is 9.59 Å². The second-order valence-corrected chi connectivity index (χ2v) is 4.97. The molecule has 24 heavy (non-hydrogen) atoms. The summed E-state index contributed by atoms with van der Waals surface area (Å²) in [6.07, 6.45) is 1.66. The van der Waals surface area contributed by atoms with Gasteiger partial charge in [0.25, 0.3) is 5.91 Å². The summed E-state index contributed by atoms with van der Waals surface area (Å²) in [5.41, 5.74) is 0.434. The molecule has 0 aliphatic rings. The van der Waals surface area contributed by atoms with Gasteiger partial charge in [0.2, 0.25) is 0 Å². The molecule has 0 bridgehead atoms. The van der Waals surface area contributed by atoms with E-state index < -0.39 is 18.0 Å². The minimum atomic E-state index is -1.03. The highest BCUT2D eigenvalue weighted by Crippen LogP contribution is 2.14. The molecule has 0 spiro atoms. The lowest BCUT2D eigenvalue weighted by Gasteiger charge is -2.21. The lowest BCUT2D eigenvalue weighted by molar-refractivity contribution is -0.149. The van der Waals surface area contributed by atoms with Gasteiger partial charge in [-0.3, -0.25) is 4.79 Å². The molecule has 2 rings (SSSR count). The number of amides is 1. The Kier molecular flexibility index (Phi) is 5.53. The van der Waals surface area contributed by atoms with E-state index in [0.717, 1.165) is 0 Å². The quantitative estimate of drug-likeness (QED) is 0.480. The summed E-state index contributed by atoms with van der Waals surface area (Å²) in [5.74, 6) is -0.926. The average Bonchev–Trinajstić information content (AvgIpc) is 3.12. The summed E-state index contributed by atoms with van der Waals surface area (Å²) in [7, 11) is 1.59. The van der Waals surface area contributed by atoms with Crippen LogP contribution in [0.4, 0.5) is 5.69 Å². The van der Waals surface area contributed by atoms with Crippen LogP contribution in [0.2, 0.25) is 0 Å². The van der Waals surface area contributed by atoms with Gasteiger partial charge in [0.15, 0.2) is 6.10 Å². The van der Waals surface area contributed by atoms with Crippen molar-refractivity contribution < 1.29 is 18.7 Å². The maximum atomic E-state index is 12.3. The zero-order valence-corrected chi connectivity index (χ0v) is 13.3. The fraction of sp³-hybridized carbons (Fsp3) is 0.167. The third kappa shape index (κ3) is 4.11. The number of esters is 1. The molecule has 1 unspecified atom stereocenters. The third-order valence-electron chi connectivity index (χ3n) is 3.28. The van der Waals surface area contributed by atoms with Crippen molar-refractivity contribution in [2.24, 2.45) is 0 Å². The Morgan fingerprint density at radius 1 is 1.25 bits per heavy atom. The molecule has 1 amide bonds. The highest BCUT2D eigenvalue weighted by atomic mass is 16.5. The van der Waals surface area contributed by atoms with E-state index in [0.29, 0.717) is 11.4 Å². The van der Waals surface area contributed by atoms with Gasteiger partial charge in [-0.05, 0) is 31.2 Å². The van der Waals surface area contributed by atoms with Crippen molar-refractivity contribution >= 4 is 23.6 Å². The average molecular weight is 324 g/mol. The van der Waals surface area contributed by atoms with Crippen molar-refractivity contribution in [3.63, 3.8) is 0 Å². The molecule has 6 heteroatoms. The molecule has 1 aromatic carbocycles. The van der Waals surface area contributed by atoms with Gasteiger partial charge in [0, 0.05) is 18.8 Å². The molecule has 122 valence electrons. The van der Waals surface area contributed by atoms with E-state index in [-0.39, 0.29) is 5.57 Å². The van der Waals surface area contributed by atoms with Crippen molar-refractivity contribution in [2.45, 2.75) is 13.0 Å². The van der Waals surface area contributed by atoms with Gasteiger partial charge in [0.05, 0.1) is 6.26 Å². The lowest BCUT2D eigenvalue weighted by atomic mass is 10.2. The molecule has 0 aliphatic heterocycles. The molecule has 1 heterocycles. The summed E-state index contributed by atoms with van der Waals surface area (Å²) in [6.45, 7) is 1.46. The van der Waals surface area contributed by atoms with Crippen molar-refractivity contribution in [1.29, 1.82) is 5.26 Å². The maximum absolute atomic E-state index is 12.3. The van der Waals surface area contributed by atoms with E-state index in [1.807, 2.05) is 6.07 Å². The van der Waals surface area contributed by atoms with E-state index >= 15 is 0 Å². The maximum Gasteiger partial charge on any atom is 0.349 e. The smallest absolute Gasteiger partial charge is 0.349 e. The Hall–Kier alpha value is -3.33. The number of benzene rings is 1. The molecule has 0 saturated heterocycles. The normalized spacial score (nSPS) is 12.1. The van der Waals surface area contributed by atoms with Crippen molar-refractivity contribution in [3.8, 4) is 6.07 Å². The minimum absolute atomic E-state index is 0.244. The van der Waals surface area contributed by atoms with Gasteiger partial charge in [-0.2, -0.15) is 5.26 Å². The SMILES string of the molecule is CC(OC(=O)/C(C#N)=C\c1ccco1)C(=O)N(C)c1ccccc1. The highest BCUT2D eigenvalue weighted by molar-refractivity contribution is 6.01. The number of carbonyl (C=O) groups excluding carboxylic acids is 2. The first kappa shape index (κ1) is 17.0. The van der Waals surface area contributed by atoms with Crippen molar-refractivity contribution in [1.82, 2.24) is 0 Å². The number of nitriles is 1. The summed E-state index contributed by atoms with van der Waals surface area (Å²) >= 11 is 0. The first-order valence-electron chi connectivity index (χ1n) is 7.22. The topological polar surface area (TPSA) is 83.5 Å². The number of para-hydroxylation sites is 1. The largest absolute Gasteiger partial charge is 0.465 e. The van der Waals surface area contributed by atoms with Crippen LogP contribution in [0.5, 0.6) is 0 Å². The number of hydrogen-bond donors (Lipinski definition) is 0. The van der Waals surface area contributed by atoms with Crippen molar-refractivity contribution in [3.05, 3.63) is 60.1 Å². The van der Waals surface area contributed by atoms with E-state index in [1.165, 1.54) is 24.2 Å². The minimum Gasteiger partial charge on any atom is -0.465 e. The summed E-state index contributed by atoms with van der Waals surface area (Å²) in [4.78, 5) is 25.8. The van der Waals surface area contributed by atoms with Crippen molar-refractivity contribution in [2.75, 3.05) is 11.9 Å². The van der Waals surface area contributed by atoms with Gasteiger partial charge in [0.1, 0.15) is 17.4 Å². The molecule has 2 aromatic rings. The standard InChI is InChI=1S/C18H16N2O4/c1-13(17(21)20(2)15-7-4-3-5-8-15)24-18(22)14(12-19)11-16-9-6-10-23-16/h3-11,13H,1-2H3/b14-11-. The number of anilines is 1. The number of rotatable bonds is 5. The number of ether oxygens (including phenoxy) is 1. The van der Waals surface area contributed by atoms with Crippen LogP contribution in [-0.2, 0) is 14.3 Å². The third-order valence-corrected chi connectivity index (χ3v) is 3.28. The number of hydrogen-bond acceptors (Lipinski definition) is 5. The van der Waals surface area contributed by atoms with Gasteiger partial charge >= 0.3 is 5.97 Å². The first-order chi connectivity index (χ1) is 11.5. The predicted octanol–water partition coefficient (Wildman–Crippen LogP) is 2.78. The molecular formula is C18H16N2O4. The molecule has 6 nitrogen and oxygen atoms in total. The zero-order chi connectivity index (χ0) is 17.5. The first-order valence-corrected chi connectivity index (χ1v) is 7.22. The molecule has 0 aliphatic carbocycles. The monoisotopic (exact) mass is 324 g/mol. The summed E-state index contributed by atoms with van der Waals surface area (Å²) in [5, 5.41) is 9.08. The van der Waals surface area contributed by atoms with Crippen LogP contribution < -0.4 is 4.90 Å². The Bertz CT molecular complexity index is 773. The number of likely N-dealkylation sites (N-methyl/N-ethyl adjacent to an activating group) is 1. The molecule has 0 N–H and O–H groups in total. The summed E-state index contributed by atoms with van der Waals surface area (Å²) in [6, 6.07) is 14.0. The van der Waals surface area contributed by atoms with Crippen LogP contribution in [0.1, 0.15) is 12.7 Å². The number of nitrogens with zero attached hydrogens (tertiary/aromatic N) is 2. The molecule has 0 fully saturated rings. The molecule has 0 saturated carbocycles. The van der Waals surface area contributed by atoms with Crippen LogP contribution >= 0.6 is 0 Å². The van der Waals surface area contributed by atoms with Crippen LogP contribution in [0.25, 0.3) is 6.08 Å². The molecule has 1 aromatic heterocycles. The second kappa shape index (κ2) is 7.79. The van der Waals surface area contributed by atoms with Crippen LogP contribution in [0.15, 0.2) is 58.7 Å². The Labute approximate surface area is 139 Å². The Morgan fingerprint density at radius 3 is 2.54 bits per heavy atom. The fourth-order valence-electron chi connectivity index (χ4n) is 1.98. The van der Waals surface area contributed by atoms with Gasteiger partial charge in [-0.25, -0.2) is 4.79 Å². The van der Waals surface area contributed by atoms with E-state index in [1.54, 1.807) is 49.5 Å².